The molecule has 0 saturated heterocycles. The summed E-state index contributed by atoms with van der Waals surface area (Å²) in [7, 11) is 0. The van der Waals surface area contributed by atoms with E-state index in [0.29, 0.717) is 17.8 Å². The second-order valence-corrected chi connectivity index (χ2v) is 5.29. The van der Waals surface area contributed by atoms with Crippen molar-refractivity contribution in [2.45, 2.75) is 19.4 Å². The molecule has 0 saturated carbocycles. The first-order chi connectivity index (χ1) is 9.33. The first-order valence-corrected chi connectivity index (χ1v) is 7.15. The molecule has 1 aromatic carbocycles. The van der Waals surface area contributed by atoms with Crippen molar-refractivity contribution in [3.05, 3.63) is 29.3 Å². The van der Waals surface area contributed by atoms with Gasteiger partial charge in [-0.25, -0.2) is 0 Å². The summed E-state index contributed by atoms with van der Waals surface area (Å²) in [5, 5.41) is 5.55. The van der Waals surface area contributed by atoms with Gasteiger partial charge in [-0.1, -0.05) is 11.6 Å². The lowest BCUT2D eigenvalue weighted by Crippen LogP contribution is -2.27. The van der Waals surface area contributed by atoms with E-state index in [1.807, 2.05) is 19.9 Å². The molecule has 2 N–H and O–H groups in total. The Hall–Kier alpha value is -1.37. The molecule has 0 aromatic heterocycles. The molecule has 0 radical (unpaired) electrons. The predicted molar refractivity (Wildman–Crippen MR) is 76.2 cm³/mol. The Morgan fingerprint density at radius 1 is 1.35 bits per heavy atom. The molecule has 0 unspecified atom stereocenters. The number of benzene rings is 1. The second kappa shape index (κ2) is 7.42. The van der Waals surface area contributed by atoms with E-state index in [1.165, 1.54) is 0 Å². The highest BCUT2D eigenvalue weighted by molar-refractivity contribution is 8.00. The zero-order chi connectivity index (χ0) is 15.2. The van der Waals surface area contributed by atoms with Crippen LogP contribution in [0.25, 0.3) is 0 Å². The van der Waals surface area contributed by atoms with Crippen LogP contribution in [0.1, 0.15) is 22.8 Å². The third-order valence-electron chi connectivity index (χ3n) is 2.44. The van der Waals surface area contributed by atoms with Crippen molar-refractivity contribution >= 4 is 23.4 Å². The van der Waals surface area contributed by atoms with Gasteiger partial charge in [0.1, 0.15) is 0 Å². The summed E-state index contributed by atoms with van der Waals surface area (Å²) in [6, 6.07) is 5.37. The van der Waals surface area contributed by atoms with Crippen LogP contribution in [0, 0.1) is 6.92 Å². The second-order valence-electron chi connectivity index (χ2n) is 4.13. The number of anilines is 1. The Balaban J connectivity index is 2.60. The van der Waals surface area contributed by atoms with Crippen LogP contribution in [0.15, 0.2) is 18.2 Å². The number of amides is 1. The van der Waals surface area contributed by atoms with Crippen LogP contribution < -0.4 is 10.6 Å². The smallest absolute Gasteiger partial charge is 0.385 e. The summed E-state index contributed by atoms with van der Waals surface area (Å²) in [4.78, 5) is 12.0. The summed E-state index contributed by atoms with van der Waals surface area (Å²) in [6.45, 7) is 4.39. The van der Waals surface area contributed by atoms with E-state index in [0.717, 1.165) is 5.56 Å². The van der Waals surface area contributed by atoms with Gasteiger partial charge >= 0.3 is 5.51 Å². The van der Waals surface area contributed by atoms with Crippen LogP contribution in [-0.4, -0.2) is 30.3 Å². The fraction of sp³-hybridized carbons (Fsp3) is 0.462. The highest BCUT2D eigenvalue weighted by Crippen LogP contribution is 2.29. The van der Waals surface area contributed by atoms with E-state index in [2.05, 4.69) is 10.6 Å². The van der Waals surface area contributed by atoms with Crippen molar-refractivity contribution in [2.24, 2.45) is 0 Å². The Morgan fingerprint density at radius 3 is 2.65 bits per heavy atom. The van der Waals surface area contributed by atoms with Crippen molar-refractivity contribution in [3.63, 3.8) is 0 Å². The van der Waals surface area contributed by atoms with Crippen molar-refractivity contribution in [3.8, 4) is 0 Å². The number of carbonyl (C=O) groups excluding carboxylic acids is 1. The monoisotopic (exact) mass is 306 g/mol. The minimum absolute atomic E-state index is 0.0253. The molecule has 0 aliphatic heterocycles. The quantitative estimate of drug-likeness (QED) is 0.791. The average Bonchev–Trinajstić information content (AvgIpc) is 2.35. The lowest BCUT2D eigenvalue weighted by Gasteiger charge is -2.12. The van der Waals surface area contributed by atoms with Crippen LogP contribution in [0.4, 0.5) is 18.9 Å². The zero-order valence-corrected chi connectivity index (χ0v) is 12.1. The number of rotatable bonds is 6. The molecular weight excluding hydrogens is 289 g/mol. The van der Waals surface area contributed by atoms with E-state index in [4.69, 9.17) is 0 Å². The summed E-state index contributed by atoms with van der Waals surface area (Å²) in [5.41, 5.74) is -2.22. The van der Waals surface area contributed by atoms with Crippen molar-refractivity contribution in [1.29, 1.82) is 0 Å². The van der Waals surface area contributed by atoms with Gasteiger partial charge in [0.2, 0.25) is 0 Å². The van der Waals surface area contributed by atoms with Crippen molar-refractivity contribution in [2.75, 3.05) is 24.2 Å². The number of thioether (sulfide) groups is 1. The van der Waals surface area contributed by atoms with E-state index < -0.39 is 5.51 Å². The maximum atomic E-state index is 12.0. The van der Waals surface area contributed by atoms with E-state index in [-0.39, 0.29) is 30.0 Å². The van der Waals surface area contributed by atoms with Gasteiger partial charge in [-0.2, -0.15) is 13.2 Å². The predicted octanol–water partition coefficient (Wildman–Crippen LogP) is 3.41. The third kappa shape index (κ3) is 5.73. The summed E-state index contributed by atoms with van der Waals surface area (Å²) >= 11 is -0.142. The number of carbonyl (C=O) groups is 1. The third-order valence-corrected chi connectivity index (χ3v) is 3.18. The lowest BCUT2D eigenvalue weighted by molar-refractivity contribution is -0.0327. The minimum Gasteiger partial charge on any atom is -0.385 e. The van der Waals surface area contributed by atoms with Gasteiger partial charge in [-0.05, 0) is 37.7 Å². The van der Waals surface area contributed by atoms with Crippen LogP contribution in [0.2, 0.25) is 0 Å². The Labute approximate surface area is 120 Å². The minimum atomic E-state index is -4.26. The summed E-state index contributed by atoms with van der Waals surface area (Å²) < 4.78 is 35.9. The van der Waals surface area contributed by atoms with Gasteiger partial charge < -0.3 is 10.6 Å². The molecular formula is C13H17F3N2OS. The fourth-order valence-corrected chi connectivity index (χ4v) is 2.05. The molecule has 0 aliphatic carbocycles. The highest BCUT2D eigenvalue weighted by Gasteiger charge is 2.27. The van der Waals surface area contributed by atoms with Crippen LogP contribution in [0.5, 0.6) is 0 Å². The molecule has 3 nitrogen and oxygen atoms in total. The molecule has 0 aliphatic rings. The normalized spacial score (nSPS) is 11.2. The average molecular weight is 306 g/mol. The molecule has 112 valence electrons. The maximum absolute atomic E-state index is 12.0. The fourth-order valence-electron chi connectivity index (χ4n) is 1.62. The topological polar surface area (TPSA) is 41.1 Å². The Kier molecular flexibility index (Phi) is 6.19. The van der Waals surface area contributed by atoms with Crippen molar-refractivity contribution in [1.82, 2.24) is 5.32 Å². The van der Waals surface area contributed by atoms with Crippen LogP contribution >= 0.6 is 11.8 Å². The molecule has 1 rings (SSSR count). The van der Waals surface area contributed by atoms with Gasteiger partial charge in [0.25, 0.3) is 5.91 Å². The molecule has 7 heteroatoms. The molecule has 1 amide bonds. The van der Waals surface area contributed by atoms with Crippen LogP contribution in [0.3, 0.4) is 0 Å². The standard InChI is InChI=1S/C13H17F3N2OS/c1-3-17-11-5-4-9(2)8-10(11)12(19)18-6-7-20-13(14,15)16/h4-5,8,17H,3,6-7H2,1-2H3,(H,18,19). The number of hydrogen-bond donors (Lipinski definition) is 2. The van der Waals surface area contributed by atoms with E-state index in [1.54, 1.807) is 12.1 Å². The van der Waals surface area contributed by atoms with Gasteiger partial charge in [0.05, 0.1) is 5.56 Å². The number of halogens is 3. The first kappa shape index (κ1) is 16.7. The van der Waals surface area contributed by atoms with Gasteiger partial charge in [0, 0.05) is 24.5 Å². The number of nitrogens with one attached hydrogen (secondary N) is 2. The SMILES string of the molecule is CCNc1ccc(C)cc1C(=O)NCCSC(F)(F)F. The van der Waals surface area contributed by atoms with Crippen LogP contribution in [-0.2, 0) is 0 Å². The summed E-state index contributed by atoms with van der Waals surface area (Å²) in [5.74, 6) is -0.565. The zero-order valence-electron chi connectivity index (χ0n) is 11.3. The first-order valence-electron chi connectivity index (χ1n) is 6.17. The number of aryl methyl sites for hydroxylation is 1. The number of hydrogen-bond acceptors (Lipinski definition) is 3. The molecule has 0 bridgehead atoms. The largest absolute Gasteiger partial charge is 0.441 e. The highest BCUT2D eigenvalue weighted by atomic mass is 32.2. The number of alkyl halides is 3. The molecule has 1 aromatic rings. The van der Waals surface area contributed by atoms with E-state index in [9.17, 15) is 18.0 Å². The lowest BCUT2D eigenvalue weighted by atomic mass is 10.1. The molecule has 0 atom stereocenters. The molecule has 20 heavy (non-hydrogen) atoms. The molecule has 0 spiro atoms. The Bertz CT molecular complexity index is 463. The van der Waals surface area contributed by atoms with Gasteiger partial charge in [0.15, 0.2) is 0 Å². The Morgan fingerprint density at radius 2 is 2.05 bits per heavy atom. The molecule has 0 heterocycles. The maximum Gasteiger partial charge on any atom is 0.441 e. The van der Waals surface area contributed by atoms with Crippen molar-refractivity contribution < 1.29 is 18.0 Å². The summed E-state index contributed by atoms with van der Waals surface area (Å²) in [6.07, 6.45) is 0. The van der Waals surface area contributed by atoms with Gasteiger partial charge in [-0.3, -0.25) is 4.79 Å². The van der Waals surface area contributed by atoms with E-state index >= 15 is 0 Å². The molecule has 0 fully saturated rings. The van der Waals surface area contributed by atoms with Gasteiger partial charge in [-0.15, -0.1) is 0 Å².